The van der Waals surface area contributed by atoms with Crippen molar-refractivity contribution in [2.24, 2.45) is 0 Å². The third-order valence-corrected chi connectivity index (χ3v) is 2.48. The van der Waals surface area contributed by atoms with Crippen LogP contribution in [0.4, 0.5) is 5.69 Å². The third-order valence-electron chi connectivity index (χ3n) is 2.48. The van der Waals surface area contributed by atoms with E-state index in [-0.39, 0.29) is 24.8 Å². The van der Waals surface area contributed by atoms with Crippen LogP contribution >= 0.6 is 0 Å². The van der Waals surface area contributed by atoms with E-state index in [0.29, 0.717) is 6.61 Å². The molecular formula is C14H19NO4. The number of carbonyl (C=O) groups is 2. The molecule has 1 rings (SSSR count). The van der Waals surface area contributed by atoms with Crippen LogP contribution in [-0.4, -0.2) is 38.6 Å². The molecule has 0 aromatic heterocycles. The number of methoxy groups -OCH3 is 1. The average molecular weight is 265 g/mol. The van der Waals surface area contributed by atoms with Gasteiger partial charge in [0.1, 0.15) is 18.1 Å². The largest absolute Gasteiger partial charge is 0.497 e. The zero-order valence-electron chi connectivity index (χ0n) is 11.5. The molecule has 0 atom stereocenters. The highest BCUT2D eigenvalue weighted by atomic mass is 16.5. The number of ketones is 1. The molecule has 0 spiro atoms. The van der Waals surface area contributed by atoms with Gasteiger partial charge in [0.05, 0.1) is 20.3 Å². The summed E-state index contributed by atoms with van der Waals surface area (Å²) in [6.07, 6.45) is 0. The van der Waals surface area contributed by atoms with Crippen molar-refractivity contribution in [3.8, 4) is 5.75 Å². The molecule has 0 aliphatic carbocycles. The van der Waals surface area contributed by atoms with Crippen LogP contribution < -0.4 is 9.64 Å². The smallest absolute Gasteiger partial charge is 0.325 e. The first-order chi connectivity index (χ1) is 9.06. The topological polar surface area (TPSA) is 55.8 Å². The molecule has 5 heteroatoms. The van der Waals surface area contributed by atoms with Crippen LogP contribution in [0.5, 0.6) is 5.75 Å². The Balaban J connectivity index is 2.82. The summed E-state index contributed by atoms with van der Waals surface area (Å²) in [6.45, 7) is 3.79. The highest BCUT2D eigenvalue weighted by molar-refractivity contribution is 5.84. The quantitative estimate of drug-likeness (QED) is 0.702. The molecule has 0 N–H and O–H groups in total. The zero-order valence-corrected chi connectivity index (χ0v) is 11.5. The summed E-state index contributed by atoms with van der Waals surface area (Å²) < 4.78 is 9.98. The number of anilines is 1. The first-order valence-corrected chi connectivity index (χ1v) is 6.11. The summed E-state index contributed by atoms with van der Waals surface area (Å²) in [6, 6.07) is 7.18. The highest BCUT2D eigenvalue weighted by Crippen LogP contribution is 2.19. The van der Waals surface area contributed by atoms with E-state index in [9.17, 15) is 9.59 Å². The van der Waals surface area contributed by atoms with Gasteiger partial charge >= 0.3 is 5.97 Å². The molecule has 1 aromatic carbocycles. The lowest BCUT2D eigenvalue weighted by molar-refractivity contribution is -0.141. The molecule has 0 amide bonds. The Bertz CT molecular complexity index is 428. The fourth-order valence-electron chi connectivity index (χ4n) is 1.66. The maximum atomic E-state index is 11.5. The lowest BCUT2D eigenvalue weighted by atomic mass is 10.2. The summed E-state index contributed by atoms with van der Waals surface area (Å²) in [5, 5.41) is 0. The summed E-state index contributed by atoms with van der Waals surface area (Å²) in [4.78, 5) is 24.5. The lowest BCUT2D eigenvalue weighted by Gasteiger charge is -2.22. The van der Waals surface area contributed by atoms with Crippen LogP contribution in [0.2, 0.25) is 0 Å². The normalized spacial score (nSPS) is 9.84. The number of hydrogen-bond acceptors (Lipinski definition) is 5. The van der Waals surface area contributed by atoms with E-state index in [4.69, 9.17) is 9.47 Å². The maximum Gasteiger partial charge on any atom is 0.325 e. The standard InChI is InChI=1S/C14H19NO4/c1-4-19-14(17)10-15(9-11(2)16)12-5-7-13(18-3)8-6-12/h5-8H,4,9-10H2,1-3H3. The number of carbonyl (C=O) groups excluding carboxylic acids is 2. The van der Waals surface area contributed by atoms with Gasteiger partial charge in [0.15, 0.2) is 0 Å². The fraction of sp³-hybridized carbons (Fsp3) is 0.429. The van der Waals surface area contributed by atoms with Crippen molar-refractivity contribution in [1.29, 1.82) is 0 Å². The lowest BCUT2D eigenvalue weighted by Crippen LogP contribution is -2.34. The van der Waals surface area contributed by atoms with Gasteiger partial charge in [-0.3, -0.25) is 9.59 Å². The molecule has 0 saturated heterocycles. The first kappa shape index (κ1) is 15.0. The molecule has 1 aromatic rings. The van der Waals surface area contributed by atoms with Crippen LogP contribution in [0, 0.1) is 0 Å². The summed E-state index contributed by atoms with van der Waals surface area (Å²) in [7, 11) is 1.58. The minimum Gasteiger partial charge on any atom is -0.497 e. The zero-order chi connectivity index (χ0) is 14.3. The van der Waals surface area contributed by atoms with Gasteiger partial charge in [-0.15, -0.1) is 0 Å². The van der Waals surface area contributed by atoms with Gasteiger partial charge < -0.3 is 14.4 Å². The second-order valence-electron chi connectivity index (χ2n) is 4.06. The van der Waals surface area contributed by atoms with E-state index in [0.717, 1.165) is 11.4 Å². The number of esters is 1. The Kier molecular flexibility index (Phi) is 5.85. The van der Waals surface area contributed by atoms with Gasteiger partial charge in [-0.25, -0.2) is 0 Å². The van der Waals surface area contributed by atoms with E-state index in [1.165, 1.54) is 6.92 Å². The van der Waals surface area contributed by atoms with Gasteiger partial charge in [-0.2, -0.15) is 0 Å². The molecule has 104 valence electrons. The minimum atomic E-state index is -0.348. The van der Waals surface area contributed by atoms with Crippen LogP contribution in [-0.2, 0) is 14.3 Å². The molecular weight excluding hydrogens is 246 g/mol. The molecule has 0 radical (unpaired) electrons. The van der Waals surface area contributed by atoms with Gasteiger partial charge in [-0.1, -0.05) is 0 Å². The SMILES string of the molecule is CCOC(=O)CN(CC(C)=O)c1ccc(OC)cc1. The Labute approximate surface area is 113 Å². The average Bonchev–Trinajstić information content (AvgIpc) is 2.38. The van der Waals surface area contributed by atoms with Crippen LogP contribution in [0.25, 0.3) is 0 Å². The van der Waals surface area contributed by atoms with E-state index in [1.54, 1.807) is 43.2 Å². The van der Waals surface area contributed by atoms with Crippen molar-refractivity contribution in [3.63, 3.8) is 0 Å². The number of ether oxygens (including phenoxy) is 2. The fourth-order valence-corrected chi connectivity index (χ4v) is 1.66. The highest BCUT2D eigenvalue weighted by Gasteiger charge is 2.14. The van der Waals surface area contributed by atoms with E-state index >= 15 is 0 Å². The van der Waals surface area contributed by atoms with Gasteiger partial charge in [-0.05, 0) is 38.1 Å². The summed E-state index contributed by atoms with van der Waals surface area (Å²) in [5.41, 5.74) is 0.782. The molecule has 0 aliphatic rings. The van der Waals surface area contributed by atoms with Crippen LogP contribution in [0.15, 0.2) is 24.3 Å². The molecule has 0 saturated carbocycles. The predicted octanol–water partition coefficient (Wildman–Crippen LogP) is 1.65. The second-order valence-corrected chi connectivity index (χ2v) is 4.06. The molecule has 5 nitrogen and oxygen atoms in total. The van der Waals surface area contributed by atoms with E-state index in [1.807, 2.05) is 0 Å². The molecule has 0 fully saturated rings. The Morgan fingerprint density at radius 3 is 2.26 bits per heavy atom. The Hall–Kier alpha value is -2.04. The maximum absolute atomic E-state index is 11.5. The summed E-state index contributed by atoms with van der Waals surface area (Å²) >= 11 is 0. The number of nitrogens with zero attached hydrogens (tertiary/aromatic N) is 1. The molecule has 0 aliphatic heterocycles. The number of hydrogen-bond donors (Lipinski definition) is 0. The van der Waals surface area contributed by atoms with Gasteiger partial charge in [0.2, 0.25) is 0 Å². The summed E-state index contributed by atoms with van der Waals surface area (Å²) in [5.74, 6) is 0.363. The van der Waals surface area contributed by atoms with Crippen molar-refractivity contribution in [2.45, 2.75) is 13.8 Å². The Morgan fingerprint density at radius 1 is 1.16 bits per heavy atom. The Morgan fingerprint density at radius 2 is 1.79 bits per heavy atom. The number of rotatable bonds is 7. The third kappa shape index (κ3) is 4.99. The molecule has 19 heavy (non-hydrogen) atoms. The van der Waals surface area contributed by atoms with Gasteiger partial charge in [0.25, 0.3) is 0 Å². The van der Waals surface area contributed by atoms with Crippen molar-refractivity contribution < 1.29 is 19.1 Å². The van der Waals surface area contributed by atoms with Crippen molar-refractivity contribution in [3.05, 3.63) is 24.3 Å². The molecule has 0 unspecified atom stereocenters. The monoisotopic (exact) mass is 265 g/mol. The van der Waals surface area contributed by atoms with Crippen LogP contribution in [0.1, 0.15) is 13.8 Å². The van der Waals surface area contributed by atoms with Crippen LogP contribution in [0.3, 0.4) is 0 Å². The number of benzene rings is 1. The molecule has 0 heterocycles. The minimum absolute atomic E-state index is 0.0138. The van der Waals surface area contributed by atoms with Crippen molar-refractivity contribution >= 4 is 17.4 Å². The number of Topliss-reactive ketones (excluding diaryl/α,β-unsaturated/α-hetero) is 1. The van der Waals surface area contributed by atoms with Gasteiger partial charge in [0, 0.05) is 5.69 Å². The van der Waals surface area contributed by atoms with Crippen molar-refractivity contribution in [1.82, 2.24) is 0 Å². The second kappa shape index (κ2) is 7.41. The van der Waals surface area contributed by atoms with E-state index in [2.05, 4.69) is 0 Å². The predicted molar refractivity (Wildman–Crippen MR) is 72.5 cm³/mol. The molecule has 0 bridgehead atoms. The van der Waals surface area contributed by atoms with E-state index < -0.39 is 0 Å². The van der Waals surface area contributed by atoms with Crippen molar-refractivity contribution in [2.75, 3.05) is 31.7 Å². The first-order valence-electron chi connectivity index (χ1n) is 6.11.